The number of carbonyl (C=O) groups is 1. The Bertz CT molecular complexity index is 290. The van der Waals surface area contributed by atoms with Gasteiger partial charge in [-0.1, -0.05) is 90.9 Å². The van der Waals surface area contributed by atoms with Gasteiger partial charge in [-0.3, -0.25) is 4.79 Å². The number of hydrogen-bond acceptors (Lipinski definition) is 2. The number of carbonyl (C=O) groups excluding carboxylic acids is 1. The second kappa shape index (κ2) is 18.2. The van der Waals surface area contributed by atoms with Crippen LogP contribution in [0.15, 0.2) is 0 Å². The van der Waals surface area contributed by atoms with Crippen LogP contribution in [0, 0.1) is 5.92 Å². The molecule has 1 unspecified atom stereocenters. The number of aliphatic hydroxyl groups is 1. The van der Waals surface area contributed by atoms with Crippen molar-refractivity contribution in [2.75, 3.05) is 6.54 Å². The van der Waals surface area contributed by atoms with E-state index in [0.29, 0.717) is 19.4 Å². The number of unbranched alkanes of at least 4 members (excludes halogenated alkanes) is 11. The molecule has 0 aliphatic heterocycles. The lowest BCUT2D eigenvalue weighted by molar-refractivity contribution is -0.121. The van der Waals surface area contributed by atoms with Crippen molar-refractivity contribution in [1.29, 1.82) is 0 Å². The fourth-order valence-corrected chi connectivity index (χ4v) is 3.11. The molecule has 3 nitrogen and oxygen atoms in total. The Labute approximate surface area is 157 Å². The zero-order chi connectivity index (χ0) is 18.8. The summed E-state index contributed by atoms with van der Waals surface area (Å²) in [7, 11) is 0. The normalized spacial score (nSPS) is 12.5. The summed E-state index contributed by atoms with van der Waals surface area (Å²) in [5.41, 5.74) is 0. The average molecular weight is 356 g/mol. The fourth-order valence-electron chi connectivity index (χ4n) is 3.11. The molecule has 0 aromatic carbocycles. The lowest BCUT2D eigenvalue weighted by atomic mass is 10.0. The summed E-state index contributed by atoms with van der Waals surface area (Å²) in [6, 6.07) is 0. The Kier molecular flexibility index (Phi) is 17.8. The van der Waals surface area contributed by atoms with Gasteiger partial charge in [-0.15, -0.1) is 0 Å². The smallest absolute Gasteiger partial charge is 0.219 e. The molecule has 3 heteroatoms. The van der Waals surface area contributed by atoms with E-state index in [-0.39, 0.29) is 12.0 Å². The largest absolute Gasteiger partial charge is 0.393 e. The van der Waals surface area contributed by atoms with Gasteiger partial charge < -0.3 is 10.4 Å². The number of amides is 1. The van der Waals surface area contributed by atoms with Gasteiger partial charge in [-0.25, -0.2) is 0 Å². The zero-order valence-electron chi connectivity index (χ0n) is 17.3. The van der Waals surface area contributed by atoms with Crippen LogP contribution in [-0.4, -0.2) is 23.7 Å². The van der Waals surface area contributed by atoms with Crippen molar-refractivity contribution in [1.82, 2.24) is 5.32 Å². The molecule has 0 aromatic heterocycles. The summed E-state index contributed by atoms with van der Waals surface area (Å²) < 4.78 is 0. The van der Waals surface area contributed by atoms with Crippen molar-refractivity contribution in [2.45, 2.75) is 123 Å². The van der Waals surface area contributed by atoms with Gasteiger partial charge in [0.2, 0.25) is 5.91 Å². The van der Waals surface area contributed by atoms with Crippen molar-refractivity contribution in [3.63, 3.8) is 0 Å². The van der Waals surface area contributed by atoms with Gasteiger partial charge in [-0.05, 0) is 25.7 Å². The van der Waals surface area contributed by atoms with Crippen LogP contribution in [0.3, 0.4) is 0 Å². The first-order chi connectivity index (χ1) is 12.0. The number of nitrogens with one attached hydrogen (secondary N) is 1. The Balaban J connectivity index is 3.12. The van der Waals surface area contributed by atoms with Gasteiger partial charge in [0.15, 0.2) is 0 Å². The van der Waals surface area contributed by atoms with Gasteiger partial charge in [0.1, 0.15) is 0 Å². The first-order valence-electron chi connectivity index (χ1n) is 11.0. The van der Waals surface area contributed by atoms with Crippen molar-refractivity contribution < 1.29 is 9.90 Å². The van der Waals surface area contributed by atoms with Gasteiger partial charge in [0, 0.05) is 13.0 Å². The third kappa shape index (κ3) is 21.4. The molecule has 0 saturated carbocycles. The lowest BCUT2D eigenvalue weighted by Crippen LogP contribution is -2.26. The molecule has 25 heavy (non-hydrogen) atoms. The highest BCUT2D eigenvalue weighted by Gasteiger charge is 2.02. The molecule has 1 amide bonds. The molecule has 0 radical (unpaired) electrons. The van der Waals surface area contributed by atoms with Gasteiger partial charge >= 0.3 is 0 Å². The van der Waals surface area contributed by atoms with Crippen LogP contribution < -0.4 is 5.32 Å². The Morgan fingerprint density at radius 2 is 1.16 bits per heavy atom. The molecular formula is C22H45NO2. The monoisotopic (exact) mass is 355 g/mol. The Hall–Kier alpha value is -0.570. The van der Waals surface area contributed by atoms with Crippen molar-refractivity contribution >= 4 is 5.91 Å². The quantitative estimate of drug-likeness (QED) is 0.297. The second-order valence-corrected chi connectivity index (χ2v) is 8.16. The maximum atomic E-state index is 11.6. The number of rotatable bonds is 18. The van der Waals surface area contributed by atoms with Crippen LogP contribution in [0.2, 0.25) is 0 Å². The van der Waals surface area contributed by atoms with E-state index in [4.69, 9.17) is 5.11 Å². The van der Waals surface area contributed by atoms with Crippen molar-refractivity contribution in [3.8, 4) is 0 Å². The molecule has 0 aliphatic rings. The van der Waals surface area contributed by atoms with Crippen molar-refractivity contribution in [2.24, 2.45) is 5.92 Å². The van der Waals surface area contributed by atoms with Crippen LogP contribution in [0.25, 0.3) is 0 Å². The molecule has 0 fully saturated rings. The third-order valence-corrected chi connectivity index (χ3v) is 4.82. The summed E-state index contributed by atoms with van der Waals surface area (Å²) in [4.78, 5) is 11.6. The first kappa shape index (κ1) is 24.4. The summed E-state index contributed by atoms with van der Waals surface area (Å²) in [5, 5.41) is 12.0. The van der Waals surface area contributed by atoms with E-state index < -0.39 is 0 Å². The molecule has 0 aliphatic carbocycles. The summed E-state index contributed by atoms with van der Waals surface area (Å²) in [6.07, 6.45) is 18.3. The van der Waals surface area contributed by atoms with Crippen LogP contribution in [0.5, 0.6) is 0 Å². The van der Waals surface area contributed by atoms with E-state index in [9.17, 15) is 4.79 Å². The van der Waals surface area contributed by atoms with E-state index in [1.54, 1.807) is 6.92 Å². The van der Waals surface area contributed by atoms with E-state index in [2.05, 4.69) is 19.2 Å². The minimum Gasteiger partial charge on any atom is -0.393 e. The fraction of sp³-hybridized carbons (Fsp3) is 0.955. The van der Waals surface area contributed by atoms with Crippen LogP contribution in [-0.2, 0) is 4.79 Å². The highest BCUT2D eigenvalue weighted by molar-refractivity contribution is 5.75. The van der Waals surface area contributed by atoms with Crippen LogP contribution in [0.4, 0.5) is 0 Å². The molecule has 0 spiro atoms. The molecule has 1 atom stereocenters. The molecule has 150 valence electrons. The van der Waals surface area contributed by atoms with E-state index in [0.717, 1.165) is 12.3 Å². The highest BCUT2D eigenvalue weighted by atomic mass is 16.3. The predicted octanol–water partition coefficient (Wildman–Crippen LogP) is 5.99. The molecule has 2 N–H and O–H groups in total. The molecule has 0 aromatic rings. The minimum atomic E-state index is -0.329. The van der Waals surface area contributed by atoms with Gasteiger partial charge in [-0.2, -0.15) is 0 Å². The van der Waals surface area contributed by atoms with Crippen LogP contribution in [0.1, 0.15) is 117 Å². The van der Waals surface area contributed by atoms with Gasteiger partial charge in [0.25, 0.3) is 0 Å². The summed E-state index contributed by atoms with van der Waals surface area (Å²) in [6.45, 7) is 6.97. The van der Waals surface area contributed by atoms with E-state index in [1.807, 2.05) is 0 Å². The molecule has 0 bridgehead atoms. The molecule has 0 rings (SSSR count). The Morgan fingerprint density at radius 3 is 1.60 bits per heavy atom. The Morgan fingerprint density at radius 1 is 0.720 bits per heavy atom. The SMILES string of the molecule is CC(C)CCCCCCCCCCCCCCC(=O)NCCC(C)O. The summed E-state index contributed by atoms with van der Waals surface area (Å²) >= 11 is 0. The average Bonchev–Trinajstić information content (AvgIpc) is 2.54. The lowest BCUT2D eigenvalue weighted by Gasteiger charge is -2.07. The zero-order valence-corrected chi connectivity index (χ0v) is 17.3. The van der Waals surface area contributed by atoms with E-state index >= 15 is 0 Å². The predicted molar refractivity (Wildman–Crippen MR) is 109 cm³/mol. The molecule has 0 saturated heterocycles. The molecular weight excluding hydrogens is 310 g/mol. The van der Waals surface area contributed by atoms with Gasteiger partial charge in [0.05, 0.1) is 6.10 Å². The van der Waals surface area contributed by atoms with Crippen molar-refractivity contribution in [3.05, 3.63) is 0 Å². The summed E-state index contributed by atoms with van der Waals surface area (Å²) in [5.74, 6) is 0.999. The number of aliphatic hydroxyl groups excluding tert-OH is 1. The topological polar surface area (TPSA) is 49.3 Å². The minimum absolute atomic E-state index is 0.133. The first-order valence-corrected chi connectivity index (χ1v) is 11.0. The second-order valence-electron chi connectivity index (χ2n) is 8.16. The maximum absolute atomic E-state index is 11.6. The van der Waals surface area contributed by atoms with Crippen LogP contribution >= 0.6 is 0 Å². The number of hydrogen-bond donors (Lipinski definition) is 2. The highest BCUT2D eigenvalue weighted by Crippen LogP contribution is 2.14. The maximum Gasteiger partial charge on any atom is 0.219 e. The molecule has 0 heterocycles. The van der Waals surface area contributed by atoms with E-state index in [1.165, 1.54) is 77.0 Å². The third-order valence-electron chi connectivity index (χ3n) is 4.82. The standard InChI is InChI=1S/C22H45NO2/c1-20(2)16-14-12-10-8-6-4-5-7-9-11-13-15-17-22(25)23-19-18-21(3)24/h20-21,24H,4-19H2,1-3H3,(H,23,25).